The van der Waals surface area contributed by atoms with Gasteiger partial charge in [-0.15, -0.1) is 0 Å². The molecule has 0 spiro atoms. The number of halogens is 3. The topological polar surface area (TPSA) is 35.8 Å². The normalized spacial score (nSPS) is 11.9. The van der Waals surface area contributed by atoms with Gasteiger partial charge >= 0.3 is 0 Å². The number of hydrogen-bond donors (Lipinski definition) is 1. The third-order valence-corrected chi connectivity index (χ3v) is 2.82. The molecule has 2 aromatic rings. The summed E-state index contributed by atoms with van der Waals surface area (Å²) in [6.45, 7) is 0.361. The van der Waals surface area contributed by atoms with E-state index in [9.17, 15) is 13.2 Å². The van der Waals surface area contributed by atoms with Crippen molar-refractivity contribution < 1.29 is 13.2 Å². The number of rotatable bonds is 4. The standard InChI is InChI=1S/C15H11F3N2/c16-12-6-11(7-13(17)15(12)18)14(8-19)20-9-10-4-2-1-3-5-10/h1-7,14,20H,9H2. The first-order valence-corrected chi connectivity index (χ1v) is 5.93. The molecule has 2 nitrogen and oxygen atoms in total. The van der Waals surface area contributed by atoms with E-state index in [-0.39, 0.29) is 5.56 Å². The monoisotopic (exact) mass is 276 g/mol. The molecule has 2 aromatic carbocycles. The zero-order valence-corrected chi connectivity index (χ0v) is 10.4. The van der Waals surface area contributed by atoms with E-state index in [2.05, 4.69) is 5.32 Å². The van der Waals surface area contributed by atoms with Gasteiger partial charge in [-0.3, -0.25) is 5.32 Å². The van der Waals surface area contributed by atoms with Crippen molar-refractivity contribution in [2.45, 2.75) is 12.6 Å². The van der Waals surface area contributed by atoms with Crippen LogP contribution in [-0.2, 0) is 6.54 Å². The van der Waals surface area contributed by atoms with E-state index in [1.807, 2.05) is 36.4 Å². The quantitative estimate of drug-likeness (QED) is 0.868. The first kappa shape index (κ1) is 14.1. The summed E-state index contributed by atoms with van der Waals surface area (Å²) in [4.78, 5) is 0. The van der Waals surface area contributed by atoms with Crippen LogP contribution < -0.4 is 5.32 Å². The molecule has 0 saturated carbocycles. The maximum atomic E-state index is 13.1. The van der Waals surface area contributed by atoms with Crippen molar-refractivity contribution in [3.63, 3.8) is 0 Å². The van der Waals surface area contributed by atoms with Gasteiger partial charge in [-0.1, -0.05) is 30.3 Å². The molecule has 2 rings (SSSR count). The van der Waals surface area contributed by atoms with Gasteiger partial charge in [0.2, 0.25) is 0 Å². The number of nitriles is 1. The van der Waals surface area contributed by atoms with Crippen LogP contribution in [0.25, 0.3) is 0 Å². The van der Waals surface area contributed by atoms with E-state index in [4.69, 9.17) is 5.26 Å². The Kier molecular flexibility index (Phi) is 4.38. The average molecular weight is 276 g/mol. The summed E-state index contributed by atoms with van der Waals surface area (Å²) in [7, 11) is 0. The van der Waals surface area contributed by atoms with Gasteiger partial charge in [-0.25, -0.2) is 13.2 Å². The molecular formula is C15H11F3N2. The molecule has 0 bridgehead atoms. The minimum Gasteiger partial charge on any atom is -0.294 e. The third-order valence-electron chi connectivity index (χ3n) is 2.82. The summed E-state index contributed by atoms with van der Waals surface area (Å²) in [6, 6.07) is 11.9. The van der Waals surface area contributed by atoms with Crippen LogP contribution in [0.5, 0.6) is 0 Å². The zero-order valence-electron chi connectivity index (χ0n) is 10.4. The predicted octanol–water partition coefficient (Wildman–Crippen LogP) is 3.46. The largest absolute Gasteiger partial charge is 0.294 e. The van der Waals surface area contributed by atoms with Crippen molar-refractivity contribution in [2.24, 2.45) is 0 Å². The number of nitrogens with one attached hydrogen (secondary N) is 1. The highest BCUT2D eigenvalue weighted by atomic mass is 19.2. The Morgan fingerprint density at radius 3 is 2.20 bits per heavy atom. The van der Waals surface area contributed by atoms with Gasteiger partial charge < -0.3 is 0 Å². The molecule has 20 heavy (non-hydrogen) atoms. The van der Waals surface area contributed by atoms with E-state index in [0.29, 0.717) is 6.54 Å². The third kappa shape index (κ3) is 3.16. The van der Waals surface area contributed by atoms with Crippen LogP contribution in [0.2, 0.25) is 0 Å². The van der Waals surface area contributed by atoms with Crippen LogP contribution >= 0.6 is 0 Å². The fourth-order valence-electron chi connectivity index (χ4n) is 1.80. The van der Waals surface area contributed by atoms with Gasteiger partial charge in [0.25, 0.3) is 0 Å². The Morgan fingerprint density at radius 1 is 1.05 bits per heavy atom. The Bertz CT molecular complexity index is 612. The Morgan fingerprint density at radius 2 is 1.65 bits per heavy atom. The summed E-state index contributed by atoms with van der Waals surface area (Å²) in [6.07, 6.45) is 0. The van der Waals surface area contributed by atoms with Crippen LogP contribution in [0, 0.1) is 28.8 Å². The lowest BCUT2D eigenvalue weighted by Crippen LogP contribution is -2.20. The Hall–Kier alpha value is -2.32. The summed E-state index contributed by atoms with van der Waals surface area (Å²) in [5.41, 5.74) is 0.982. The molecule has 0 amide bonds. The van der Waals surface area contributed by atoms with Gasteiger partial charge in [-0.2, -0.15) is 5.26 Å². The van der Waals surface area contributed by atoms with Crippen LogP contribution in [0.3, 0.4) is 0 Å². The Labute approximate surface area is 114 Å². The van der Waals surface area contributed by atoms with Crippen LogP contribution in [0.1, 0.15) is 17.2 Å². The highest BCUT2D eigenvalue weighted by Crippen LogP contribution is 2.19. The first-order chi connectivity index (χ1) is 9.61. The van der Waals surface area contributed by atoms with E-state index in [0.717, 1.165) is 17.7 Å². The molecule has 0 heterocycles. The van der Waals surface area contributed by atoms with Gasteiger partial charge in [0.1, 0.15) is 6.04 Å². The van der Waals surface area contributed by atoms with Crippen LogP contribution in [0.15, 0.2) is 42.5 Å². The Balaban J connectivity index is 2.15. The maximum Gasteiger partial charge on any atom is 0.194 e. The lowest BCUT2D eigenvalue weighted by molar-refractivity contribution is 0.443. The highest BCUT2D eigenvalue weighted by Gasteiger charge is 2.16. The van der Waals surface area contributed by atoms with Gasteiger partial charge in [0.05, 0.1) is 6.07 Å². The molecule has 1 unspecified atom stereocenters. The molecule has 102 valence electrons. The molecule has 0 aliphatic rings. The average Bonchev–Trinajstić information content (AvgIpc) is 2.46. The predicted molar refractivity (Wildman–Crippen MR) is 68.0 cm³/mol. The first-order valence-electron chi connectivity index (χ1n) is 5.93. The second-order valence-electron chi connectivity index (χ2n) is 4.23. The lowest BCUT2D eigenvalue weighted by Gasteiger charge is -2.12. The molecule has 1 N–H and O–H groups in total. The molecule has 1 atom stereocenters. The van der Waals surface area contributed by atoms with Gasteiger partial charge in [0, 0.05) is 6.54 Å². The smallest absolute Gasteiger partial charge is 0.194 e. The lowest BCUT2D eigenvalue weighted by atomic mass is 10.1. The van der Waals surface area contributed by atoms with Crippen molar-refractivity contribution in [2.75, 3.05) is 0 Å². The van der Waals surface area contributed by atoms with Crippen molar-refractivity contribution >= 4 is 0 Å². The number of nitrogens with zero attached hydrogens (tertiary/aromatic N) is 1. The molecule has 5 heteroatoms. The van der Waals surface area contributed by atoms with E-state index in [1.165, 1.54) is 0 Å². The van der Waals surface area contributed by atoms with Crippen LogP contribution in [-0.4, -0.2) is 0 Å². The van der Waals surface area contributed by atoms with Crippen molar-refractivity contribution in [3.8, 4) is 6.07 Å². The van der Waals surface area contributed by atoms with Crippen molar-refractivity contribution in [1.29, 1.82) is 5.26 Å². The molecular weight excluding hydrogens is 265 g/mol. The summed E-state index contributed by atoms with van der Waals surface area (Å²) >= 11 is 0. The maximum absolute atomic E-state index is 13.1. The van der Waals surface area contributed by atoms with Gasteiger partial charge in [0.15, 0.2) is 17.5 Å². The second-order valence-corrected chi connectivity index (χ2v) is 4.23. The molecule has 0 fully saturated rings. The summed E-state index contributed by atoms with van der Waals surface area (Å²) in [5.74, 6) is -4.14. The fourth-order valence-corrected chi connectivity index (χ4v) is 1.80. The summed E-state index contributed by atoms with van der Waals surface area (Å²) in [5, 5.41) is 11.9. The molecule has 0 aromatic heterocycles. The highest BCUT2D eigenvalue weighted by molar-refractivity contribution is 5.27. The number of benzene rings is 2. The second kappa shape index (κ2) is 6.22. The van der Waals surface area contributed by atoms with Crippen molar-refractivity contribution in [3.05, 3.63) is 71.0 Å². The van der Waals surface area contributed by atoms with E-state index in [1.54, 1.807) is 0 Å². The molecule has 0 aliphatic carbocycles. The van der Waals surface area contributed by atoms with E-state index < -0.39 is 23.5 Å². The van der Waals surface area contributed by atoms with Gasteiger partial charge in [-0.05, 0) is 23.3 Å². The fraction of sp³-hybridized carbons (Fsp3) is 0.133. The van der Waals surface area contributed by atoms with Crippen molar-refractivity contribution in [1.82, 2.24) is 5.32 Å². The number of hydrogen-bond acceptors (Lipinski definition) is 2. The molecule has 0 radical (unpaired) electrons. The molecule has 0 saturated heterocycles. The van der Waals surface area contributed by atoms with E-state index >= 15 is 0 Å². The SMILES string of the molecule is N#CC(NCc1ccccc1)c1cc(F)c(F)c(F)c1. The minimum atomic E-state index is -1.53. The molecule has 0 aliphatic heterocycles. The van der Waals surface area contributed by atoms with Crippen LogP contribution in [0.4, 0.5) is 13.2 Å². The summed E-state index contributed by atoms with van der Waals surface area (Å²) < 4.78 is 39.2. The zero-order chi connectivity index (χ0) is 14.5. The minimum absolute atomic E-state index is 0.0554.